The van der Waals surface area contributed by atoms with Gasteiger partial charge in [0, 0.05) is 51.4 Å². The second kappa shape index (κ2) is 5.91. The molecule has 1 saturated carbocycles. The lowest BCUT2D eigenvalue weighted by Gasteiger charge is -2.48. The normalized spacial score (nSPS) is 37.8. The SMILES string of the molecule is CCC1CNC2(CCCC2)CN1CC1(OC)CCOC1. The summed E-state index contributed by atoms with van der Waals surface area (Å²) in [5.41, 5.74) is 0.324. The van der Waals surface area contributed by atoms with E-state index in [4.69, 9.17) is 9.47 Å². The first-order chi connectivity index (χ1) is 9.71. The van der Waals surface area contributed by atoms with Gasteiger partial charge in [-0.1, -0.05) is 19.8 Å². The summed E-state index contributed by atoms with van der Waals surface area (Å²) in [5, 5.41) is 3.87. The topological polar surface area (TPSA) is 33.7 Å². The molecule has 0 amide bonds. The highest BCUT2D eigenvalue weighted by atomic mass is 16.5. The maximum Gasteiger partial charge on any atom is 0.106 e. The molecule has 1 aliphatic carbocycles. The predicted octanol–water partition coefficient (Wildman–Crippen LogP) is 1.79. The summed E-state index contributed by atoms with van der Waals surface area (Å²) in [6, 6.07) is 0.647. The maximum absolute atomic E-state index is 5.86. The lowest BCUT2D eigenvalue weighted by atomic mass is 9.90. The van der Waals surface area contributed by atoms with E-state index in [0.29, 0.717) is 11.6 Å². The van der Waals surface area contributed by atoms with Gasteiger partial charge in [0.05, 0.1) is 6.61 Å². The number of ether oxygens (including phenoxy) is 2. The molecule has 1 N–H and O–H groups in total. The van der Waals surface area contributed by atoms with E-state index >= 15 is 0 Å². The first-order valence-electron chi connectivity index (χ1n) is 8.33. The molecule has 2 saturated heterocycles. The monoisotopic (exact) mass is 282 g/mol. The number of piperazine rings is 1. The van der Waals surface area contributed by atoms with Crippen molar-refractivity contribution in [2.24, 2.45) is 0 Å². The lowest BCUT2D eigenvalue weighted by Crippen LogP contribution is -2.65. The van der Waals surface area contributed by atoms with Crippen molar-refractivity contribution < 1.29 is 9.47 Å². The van der Waals surface area contributed by atoms with E-state index in [1.807, 2.05) is 7.11 Å². The Balaban J connectivity index is 1.70. The number of methoxy groups -OCH3 is 1. The van der Waals surface area contributed by atoms with Gasteiger partial charge < -0.3 is 14.8 Å². The van der Waals surface area contributed by atoms with Gasteiger partial charge in [0.25, 0.3) is 0 Å². The predicted molar refractivity (Wildman–Crippen MR) is 80.0 cm³/mol. The molecule has 3 fully saturated rings. The molecule has 1 spiro atoms. The van der Waals surface area contributed by atoms with Gasteiger partial charge in [-0.25, -0.2) is 0 Å². The Bertz CT molecular complexity index is 322. The molecule has 2 atom stereocenters. The van der Waals surface area contributed by atoms with Crippen LogP contribution in [0.3, 0.4) is 0 Å². The van der Waals surface area contributed by atoms with Crippen molar-refractivity contribution in [3.05, 3.63) is 0 Å². The minimum atomic E-state index is -0.0649. The molecule has 0 aromatic heterocycles. The van der Waals surface area contributed by atoms with Crippen molar-refractivity contribution in [2.45, 2.75) is 62.6 Å². The van der Waals surface area contributed by atoms with Gasteiger partial charge in [0.1, 0.15) is 5.60 Å². The number of nitrogens with zero attached hydrogens (tertiary/aromatic N) is 1. The highest BCUT2D eigenvalue weighted by Crippen LogP contribution is 2.35. The Kier molecular flexibility index (Phi) is 4.37. The molecule has 4 nitrogen and oxygen atoms in total. The number of hydrogen-bond acceptors (Lipinski definition) is 4. The third kappa shape index (κ3) is 2.76. The summed E-state index contributed by atoms with van der Waals surface area (Å²) in [4.78, 5) is 2.69. The van der Waals surface area contributed by atoms with Gasteiger partial charge in [0.15, 0.2) is 0 Å². The van der Waals surface area contributed by atoms with Gasteiger partial charge in [-0.05, 0) is 19.3 Å². The first-order valence-corrected chi connectivity index (χ1v) is 8.33. The van der Waals surface area contributed by atoms with Crippen LogP contribution in [0.4, 0.5) is 0 Å². The third-order valence-corrected chi connectivity index (χ3v) is 5.76. The smallest absolute Gasteiger partial charge is 0.106 e. The van der Waals surface area contributed by atoms with E-state index < -0.39 is 0 Å². The quantitative estimate of drug-likeness (QED) is 0.852. The molecule has 2 heterocycles. The zero-order valence-corrected chi connectivity index (χ0v) is 13.1. The average Bonchev–Trinajstić information content (AvgIpc) is 3.10. The number of nitrogens with one attached hydrogen (secondary N) is 1. The van der Waals surface area contributed by atoms with Gasteiger partial charge in [-0.3, -0.25) is 4.90 Å². The number of rotatable bonds is 4. The second-order valence-electron chi connectivity index (χ2n) is 7.03. The molecular formula is C16H30N2O2. The lowest BCUT2D eigenvalue weighted by molar-refractivity contribution is -0.0618. The summed E-state index contributed by atoms with van der Waals surface area (Å²) >= 11 is 0. The van der Waals surface area contributed by atoms with Crippen LogP contribution in [0.5, 0.6) is 0 Å². The van der Waals surface area contributed by atoms with Crippen LogP contribution in [0.1, 0.15) is 45.4 Å². The fourth-order valence-corrected chi connectivity index (χ4v) is 4.32. The van der Waals surface area contributed by atoms with Crippen molar-refractivity contribution in [1.82, 2.24) is 10.2 Å². The van der Waals surface area contributed by atoms with Gasteiger partial charge in [-0.15, -0.1) is 0 Å². The molecule has 20 heavy (non-hydrogen) atoms. The summed E-state index contributed by atoms with van der Waals surface area (Å²) in [5.74, 6) is 0. The van der Waals surface area contributed by atoms with Crippen LogP contribution in [0.15, 0.2) is 0 Å². The van der Waals surface area contributed by atoms with Gasteiger partial charge in [0.2, 0.25) is 0 Å². The summed E-state index contributed by atoms with van der Waals surface area (Å²) in [6.45, 7) is 7.27. The maximum atomic E-state index is 5.86. The Labute approximate surface area is 123 Å². The van der Waals surface area contributed by atoms with E-state index in [-0.39, 0.29) is 5.60 Å². The molecule has 0 radical (unpaired) electrons. The minimum Gasteiger partial charge on any atom is -0.378 e. The van der Waals surface area contributed by atoms with Crippen molar-refractivity contribution in [2.75, 3.05) is 40.0 Å². The summed E-state index contributed by atoms with van der Waals surface area (Å²) < 4.78 is 11.5. The number of hydrogen-bond donors (Lipinski definition) is 1. The van der Waals surface area contributed by atoms with E-state index in [1.54, 1.807) is 0 Å². The van der Waals surface area contributed by atoms with Crippen molar-refractivity contribution in [3.8, 4) is 0 Å². The summed E-state index contributed by atoms with van der Waals surface area (Å²) in [7, 11) is 1.85. The first kappa shape index (κ1) is 14.8. The highest BCUT2D eigenvalue weighted by Gasteiger charge is 2.44. The van der Waals surface area contributed by atoms with Crippen LogP contribution in [0, 0.1) is 0 Å². The molecule has 0 aromatic carbocycles. The molecule has 4 heteroatoms. The second-order valence-corrected chi connectivity index (χ2v) is 7.03. The van der Waals surface area contributed by atoms with Gasteiger partial charge >= 0.3 is 0 Å². The fourth-order valence-electron chi connectivity index (χ4n) is 4.32. The van der Waals surface area contributed by atoms with E-state index in [2.05, 4.69) is 17.1 Å². The van der Waals surface area contributed by atoms with Crippen LogP contribution in [0.2, 0.25) is 0 Å². The molecule has 2 aliphatic heterocycles. The Morgan fingerprint density at radius 2 is 2.10 bits per heavy atom. The van der Waals surface area contributed by atoms with Crippen LogP contribution < -0.4 is 5.32 Å². The van der Waals surface area contributed by atoms with E-state index in [1.165, 1.54) is 38.6 Å². The van der Waals surface area contributed by atoms with Crippen molar-refractivity contribution in [1.29, 1.82) is 0 Å². The summed E-state index contributed by atoms with van der Waals surface area (Å²) in [6.07, 6.45) is 7.71. The highest BCUT2D eigenvalue weighted by molar-refractivity contribution is 5.02. The average molecular weight is 282 g/mol. The van der Waals surface area contributed by atoms with Crippen molar-refractivity contribution >= 4 is 0 Å². The van der Waals surface area contributed by atoms with E-state index in [0.717, 1.165) is 32.7 Å². The van der Waals surface area contributed by atoms with Crippen LogP contribution >= 0.6 is 0 Å². The standard InChI is InChI=1S/C16H30N2O2/c1-3-14-10-17-15(6-4-5-7-15)11-18(14)12-16(19-2)8-9-20-13-16/h14,17H,3-13H2,1-2H3. The zero-order valence-electron chi connectivity index (χ0n) is 13.1. The Morgan fingerprint density at radius 3 is 2.70 bits per heavy atom. The minimum absolute atomic E-state index is 0.0649. The van der Waals surface area contributed by atoms with Crippen LogP contribution in [0.25, 0.3) is 0 Å². The van der Waals surface area contributed by atoms with Crippen LogP contribution in [-0.2, 0) is 9.47 Å². The fraction of sp³-hybridized carbons (Fsp3) is 1.00. The Hall–Kier alpha value is -0.160. The third-order valence-electron chi connectivity index (χ3n) is 5.76. The Morgan fingerprint density at radius 1 is 1.30 bits per heavy atom. The van der Waals surface area contributed by atoms with E-state index in [9.17, 15) is 0 Å². The van der Waals surface area contributed by atoms with Gasteiger partial charge in [-0.2, -0.15) is 0 Å². The molecule has 2 unspecified atom stereocenters. The molecule has 0 aromatic rings. The molecule has 3 aliphatic rings. The molecule has 116 valence electrons. The molecule has 3 rings (SSSR count). The van der Waals surface area contributed by atoms with Crippen LogP contribution in [-0.4, -0.2) is 62.0 Å². The van der Waals surface area contributed by atoms with Crippen molar-refractivity contribution in [3.63, 3.8) is 0 Å². The zero-order chi connectivity index (χ0) is 14.1. The molecule has 0 bridgehead atoms. The largest absolute Gasteiger partial charge is 0.378 e. The molecular weight excluding hydrogens is 252 g/mol.